The largest absolute Gasteiger partial charge is 0.494 e. The van der Waals surface area contributed by atoms with Gasteiger partial charge in [0.25, 0.3) is 0 Å². The molecule has 2 aliphatic rings. The van der Waals surface area contributed by atoms with Crippen molar-refractivity contribution in [1.29, 1.82) is 0 Å². The van der Waals surface area contributed by atoms with Crippen molar-refractivity contribution in [2.45, 2.75) is 13.5 Å². The van der Waals surface area contributed by atoms with Crippen molar-refractivity contribution in [1.82, 2.24) is 10.2 Å². The minimum atomic E-state index is -0.970. The van der Waals surface area contributed by atoms with Crippen LogP contribution in [0.15, 0.2) is 24.3 Å². The van der Waals surface area contributed by atoms with E-state index in [1.807, 2.05) is 36.1 Å². The van der Waals surface area contributed by atoms with Crippen molar-refractivity contribution < 1.29 is 19.4 Å². The van der Waals surface area contributed by atoms with Crippen LogP contribution >= 0.6 is 0 Å². The van der Waals surface area contributed by atoms with Crippen LogP contribution in [0.3, 0.4) is 0 Å². The van der Waals surface area contributed by atoms with E-state index in [2.05, 4.69) is 5.32 Å². The third-order valence-electron chi connectivity index (χ3n) is 4.57. The molecule has 0 aromatic heterocycles. The highest BCUT2D eigenvalue weighted by atomic mass is 16.5. The molecule has 0 bridgehead atoms. The topological polar surface area (TPSA) is 78.9 Å². The average Bonchev–Trinajstić information content (AvgIpc) is 3.00. The Balaban J connectivity index is 1.70. The Morgan fingerprint density at radius 1 is 1.45 bits per heavy atom. The molecule has 1 aromatic rings. The van der Waals surface area contributed by atoms with Gasteiger partial charge >= 0.3 is 5.97 Å². The van der Waals surface area contributed by atoms with E-state index >= 15 is 0 Å². The number of hydrogen-bond acceptors (Lipinski definition) is 4. The molecule has 2 heterocycles. The summed E-state index contributed by atoms with van der Waals surface area (Å²) >= 11 is 0. The zero-order chi connectivity index (χ0) is 15.7. The predicted molar refractivity (Wildman–Crippen MR) is 79.5 cm³/mol. The standard InChI is InChI=1S/C16H20N2O4/c1-2-22-12-5-3-11(4-6-12)7-18-8-13-14(19)17-9-16(13,10-18)15(20)21/h3-6,13H,2,7-10H2,1H3,(H,17,19)(H,20,21)/t13?,16-/m1/s1. The molecule has 0 spiro atoms. The van der Waals surface area contributed by atoms with Gasteiger partial charge in [0.05, 0.1) is 12.5 Å². The summed E-state index contributed by atoms with van der Waals surface area (Å²) in [5.41, 5.74) is 0.117. The van der Waals surface area contributed by atoms with Gasteiger partial charge in [0.1, 0.15) is 11.2 Å². The Morgan fingerprint density at radius 2 is 2.18 bits per heavy atom. The van der Waals surface area contributed by atoms with E-state index in [4.69, 9.17) is 4.74 Å². The second kappa shape index (κ2) is 5.61. The molecule has 0 saturated carbocycles. The summed E-state index contributed by atoms with van der Waals surface area (Å²) < 4.78 is 5.41. The highest BCUT2D eigenvalue weighted by molar-refractivity contribution is 5.92. The van der Waals surface area contributed by atoms with Crippen LogP contribution in [0.5, 0.6) is 5.75 Å². The number of nitrogens with zero attached hydrogens (tertiary/aromatic N) is 1. The van der Waals surface area contributed by atoms with Gasteiger partial charge in [0, 0.05) is 26.2 Å². The van der Waals surface area contributed by atoms with Gasteiger partial charge in [-0.05, 0) is 24.6 Å². The Hall–Kier alpha value is -2.08. The molecule has 3 rings (SSSR count). The number of fused-ring (bicyclic) bond motifs is 1. The van der Waals surface area contributed by atoms with E-state index in [9.17, 15) is 14.7 Å². The lowest BCUT2D eigenvalue weighted by Gasteiger charge is -2.22. The molecule has 6 heteroatoms. The fourth-order valence-corrected chi connectivity index (χ4v) is 3.42. The highest BCUT2D eigenvalue weighted by Crippen LogP contribution is 2.40. The molecule has 2 aliphatic heterocycles. The first kappa shape index (κ1) is 14.8. The summed E-state index contributed by atoms with van der Waals surface area (Å²) in [6, 6.07) is 7.78. The zero-order valence-corrected chi connectivity index (χ0v) is 12.5. The quantitative estimate of drug-likeness (QED) is 0.838. The van der Waals surface area contributed by atoms with E-state index in [0.29, 0.717) is 26.2 Å². The summed E-state index contributed by atoms with van der Waals surface area (Å²) in [6.45, 7) is 4.33. The first-order valence-electron chi connectivity index (χ1n) is 7.50. The van der Waals surface area contributed by atoms with Gasteiger partial charge in [-0.3, -0.25) is 14.5 Å². The number of likely N-dealkylation sites (tertiary alicyclic amines) is 1. The molecule has 2 N–H and O–H groups in total. The third-order valence-corrected chi connectivity index (χ3v) is 4.57. The number of carbonyl (C=O) groups excluding carboxylic acids is 1. The zero-order valence-electron chi connectivity index (χ0n) is 12.5. The summed E-state index contributed by atoms with van der Waals surface area (Å²) in [6.07, 6.45) is 0. The van der Waals surface area contributed by atoms with E-state index < -0.39 is 17.3 Å². The number of amides is 1. The highest BCUT2D eigenvalue weighted by Gasteiger charge is 2.59. The average molecular weight is 304 g/mol. The molecule has 2 fully saturated rings. The Morgan fingerprint density at radius 3 is 2.77 bits per heavy atom. The van der Waals surface area contributed by atoms with Crippen LogP contribution in [-0.4, -0.2) is 48.1 Å². The fourth-order valence-electron chi connectivity index (χ4n) is 3.42. The van der Waals surface area contributed by atoms with E-state index in [1.165, 1.54) is 0 Å². The first-order chi connectivity index (χ1) is 10.5. The van der Waals surface area contributed by atoms with Crippen LogP contribution in [0.25, 0.3) is 0 Å². The monoisotopic (exact) mass is 304 g/mol. The van der Waals surface area contributed by atoms with Crippen molar-refractivity contribution in [3.63, 3.8) is 0 Å². The molecule has 1 aromatic carbocycles. The van der Waals surface area contributed by atoms with Crippen LogP contribution in [-0.2, 0) is 16.1 Å². The molecular formula is C16H20N2O4. The summed E-state index contributed by atoms with van der Waals surface area (Å²) in [5.74, 6) is -0.653. The maximum atomic E-state index is 11.9. The molecule has 2 saturated heterocycles. The second-order valence-corrected chi connectivity index (χ2v) is 5.98. The van der Waals surface area contributed by atoms with E-state index in [0.717, 1.165) is 11.3 Å². The summed E-state index contributed by atoms with van der Waals surface area (Å²) in [7, 11) is 0. The van der Waals surface area contributed by atoms with Crippen molar-refractivity contribution in [2.24, 2.45) is 11.3 Å². The lowest BCUT2D eigenvalue weighted by Crippen LogP contribution is -2.40. The van der Waals surface area contributed by atoms with Gasteiger partial charge in [-0.2, -0.15) is 0 Å². The lowest BCUT2D eigenvalue weighted by molar-refractivity contribution is -0.149. The Labute approximate surface area is 129 Å². The predicted octanol–water partition coefficient (Wildman–Crippen LogP) is 0.718. The maximum Gasteiger partial charge on any atom is 0.313 e. The van der Waals surface area contributed by atoms with Gasteiger partial charge in [0.15, 0.2) is 0 Å². The number of carbonyl (C=O) groups is 2. The van der Waals surface area contributed by atoms with Gasteiger partial charge in [-0.1, -0.05) is 12.1 Å². The molecular weight excluding hydrogens is 284 g/mol. The molecule has 2 atom stereocenters. The van der Waals surface area contributed by atoms with Crippen LogP contribution in [0.1, 0.15) is 12.5 Å². The number of rotatable bonds is 5. The maximum absolute atomic E-state index is 11.9. The molecule has 6 nitrogen and oxygen atoms in total. The normalized spacial score (nSPS) is 27.5. The van der Waals surface area contributed by atoms with Crippen LogP contribution < -0.4 is 10.1 Å². The second-order valence-electron chi connectivity index (χ2n) is 5.98. The summed E-state index contributed by atoms with van der Waals surface area (Å²) in [5, 5.41) is 12.2. The van der Waals surface area contributed by atoms with Crippen molar-refractivity contribution in [3.8, 4) is 5.75 Å². The van der Waals surface area contributed by atoms with Gasteiger partial charge in [0.2, 0.25) is 5.91 Å². The number of carboxylic acid groups (broad SMARTS) is 1. The molecule has 0 radical (unpaired) electrons. The number of aliphatic carboxylic acids is 1. The molecule has 118 valence electrons. The number of nitrogens with one attached hydrogen (secondary N) is 1. The van der Waals surface area contributed by atoms with Crippen molar-refractivity contribution >= 4 is 11.9 Å². The van der Waals surface area contributed by atoms with E-state index in [-0.39, 0.29) is 12.5 Å². The number of carboxylic acids is 1. The molecule has 1 amide bonds. The Kier molecular flexibility index (Phi) is 3.78. The van der Waals surface area contributed by atoms with Gasteiger partial charge in [-0.25, -0.2) is 0 Å². The summed E-state index contributed by atoms with van der Waals surface area (Å²) in [4.78, 5) is 25.5. The molecule has 1 unspecified atom stereocenters. The van der Waals surface area contributed by atoms with Crippen LogP contribution in [0.4, 0.5) is 0 Å². The number of ether oxygens (including phenoxy) is 1. The minimum absolute atomic E-state index is 0.142. The number of benzene rings is 1. The van der Waals surface area contributed by atoms with E-state index in [1.54, 1.807) is 0 Å². The van der Waals surface area contributed by atoms with Crippen LogP contribution in [0.2, 0.25) is 0 Å². The first-order valence-corrected chi connectivity index (χ1v) is 7.50. The van der Waals surface area contributed by atoms with Crippen molar-refractivity contribution in [2.75, 3.05) is 26.2 Å². The minimum Gasteiger partial charge on any atom is -0.494 e. The third kappa shape index (κ3) is 2.43. The van der Waals surface area contributed by atoms with Gasteiger partial charge in [-0.15, -0.1) is 0 Å². The van der Waals surface area contributed by atoms with Crippen LogP contribution in [0, 0.1) is 11.3 Å². The smallest absolute Gasteiger partial charge is 0.313 e. The lowest BCUT2D eigenvalue weighted by atomic mass is 9.81. The molecule has 22 heavy (non-hydrogen) atoms. The number of hydrogen-bond donors (Lipinski definition) is 2. The molecule has 0 aliphatic carbocycles. The Bertz CT molecular complexity index is 586. The van der Waals surface area contributed by atoms with Gasteiger partial charge < -0.3 is 15.2 Å². The van der Waals surface area contributed by atoms with Crippen molar-refractivity contribution in [3.05, 3.63) is 29.8 Å². The SMILES string of the molecule is CCOc1ccc(CN2CC3C(=O)NC[C@@]3(C(=O)O)C2)cc1. The fraction of sp³-hybridized carbons (Fsp3) is 0.500.